The molecule has 1 aliphatic heterocycles. The van der Waals surface area contributed by atoms with Crippen LogP contribution in [0.1, 0.15) is 23.6 Å². The number of aromatic hydroxyl groups is 1. The number of hydrogen-bond donors (Lipinski definition) is 3. The predicted octanol–water partition coefficient (Wildman–Crippen LogP) is 2.91. The van der Waals surface area contributed by atoms with E-state index in [9.17, 15) is 23.1 Å². The van der Waals surface area contributed by atoms with E-state index in [-0.39, 0.29) is 23.0 Å². The van der Waals surface area contributed by atoms with Gasteiger partial charge in [-0.2, -0.15) is 13.2 Å². The summed E-state index contributed by atoms with van der Waals surface area (Å²) in [6, 6.07) is 1.12. The Kier molecular flexibility index (Phi) is 3.97. The summed E-state index contributed by atoms with van der Waals surface area (Å²) < 4.78 is 39.1. The smallest absolute Gasteiger partial charge is 0.416 e. The van der Waals surface area contributed by atoms with Gasteiger partial charge in [-0.3, -0.25) is 4.79 Å². The zero-order valence-corrected chi connectivity index (χ0v) is 11.6. The summed E-state index contributed by atoms with van der Waals surface area (Å²) in [5.41, 5.74) is -1.02. The summed E-state index contributed by atoms with van der Waals surface area (Å²) >= 11 is 2.98. The quantitative estimate of drug-likeness (QED) is 0.764. The molecule has 1 heterocycles. The van der Waals surface area contributed by atoms with Crippen LogP contribution in [0.5, 0.6) is 5.75 Å². The highest BCUT2D eigenvalue weighted by molar-refractivity contribution is 9.10. The van der Waals surface area contributed by atoms with E-state index in [0.717, 1.165) is 0 Å². The lowest BCUT2D eigenvalue weighted by molar-refractivity contribution is -0.141. The first-order valence-corrected chi connectivity index (χ1v) is 6.55. The van der Waals surface area contributed by atoms with Gasteiger partial charge in [0.1, 0.15) is 5.75 Å². The number of carboxylic acid groups (broad SMARTS) is 1. The van der Waals surface area contributed by atoms with E-state index in [2.05, 4.69) is 21.2 Å². The fraction of sp³-hybridized carbons (Fsp3) is 0.417. The van der Waals surface area contributed by atoms with Crippen molar-refractivity contribution in [2.45, 2.75) is 18.6 Å². The number of phenols is 1. The van der Waals surface area contributed by atoms with Crippen LogP contribution in [0.3, 0.4) is 0 Å². The van der Waals surface area contributed by atoms with Crippen molar-refractivity contribution < 1.29 is 28.2 Å². The van der Waals surface area contributed by atoms with E-state index in [1.165, 1.54) is 6.07 Å². The van der Waals surface area contributed by atoms with Gasteiger partial charge in [-0.15, -0.1) is 0 Å². The molecule has 2 unspecified atom stereocenters. The Morgan fingerprint density at radius 3 is 2.55 bits per heavy atom. The number of hydrogen-bond acceptors (Lipinski definition) is 3. The molecule has 1 aromatic carbocycles. The first-order chi connectivity index (χ1) is 9.20. The van der Waals surface area contributed by atoms with Crippen LogP contribution in [0.25, 0.3) is 0 Å². The predicted molar refractivity (Wildman–Crippen MR) is 67.3 cm³/mol. The first kappa shape index (κ1) is 15.1. The Balaban J connectivity index is 2.41. The largest absolute Gasteiger partial charge is 0.507 e. The molecule has 3 N–H and O–H groups in total. The molecule has 1 saturated heterocycles. The number of carboxylic acids is 1. The van der Waals surface area contributed by atoms with Gasteiger partial charge in [0.2, 0.25) is 0 Å². The summed E-state index contributed by atoms with van der Waals surface area (Å²) in [5, 5.41) is 21.1. The lowest BCUT2D eigenvalue weighted by Crippen LogP contribution is -2.19. The van der Waals surface area contributed by atoms with E-state index < -0.39 is 35.4 Å². The van der Waals surface area contributed by atoms with Crippen molar-refractivity contribution in [3.05, 3.63) is 27.7 Å². The van der Waals surface area contributed by atoms with Crippen molar-refractivity contribution in [3.8, 4) is 5.75 Å². The third-order valence-corrected chi connectivity index (χ3v) is 3.92. The summed E-state index contributed by atoms with van der Waals surface area (Å²) in [7, 11) is 0. The maximum absolute atomic E-state index is 13.0. The highest BCUT2D eigenvalue weighted by Crippen LogP contribution is 2.42. The molecular weight excluding hydrogens is 343 g/mol. The maximum Gasteiger partial charge on any atom is 0.416 e. The summed E-state index contributed by atoms with van der Waals surface area (Å²) in [6.45, 7) is 0.121. The molecule has 20 heavy (non-hydrogen) atoms. The van der Waals surface area contributed by atoms with E-state index in [1.807, 2.05) is 0 Å². The highest BCUT2D eigenvalue weighted by Gasteiger charge is 2.39. The fourth-order valence-electron chi connectivity index (χ4n) is 2.27. The van der Waals surface area contributed by atoms with Gasteiger partial charge in [0.05, 0.1) is 16.0 Å². The van der Waals surface area contributed by atoms with Crippen LogP contribution in [-0.2, 0) is 11.0 Å². The van der Waals surface area contributed by atoms with Gasteiger partial charge < -0.3 is 15.5 Å². The molecule has 110 valence electrons. The Hall–Kier alpha value is -1.28. The molecule has 0 bridgehead atoms. The van der Waals surface area contributed by atoms with Crippen molar-refractivity contribution in [1.29, 1.82) is 0 Å². The van der Waals surface area contributed by atoms with Crippen LogP contribution in [0.15, 0.2) is 16.6 Å². The fourth-order valence-corrected chi connectivity index (χ4v) is 2.63. The minimum atomic E-state index is -4.61. The van der Waals surface area contributed by atoms with Gasteiger partial charge in [0, 0.05) is 12.6 Å². The molecule has 1 fully saturated rings. The maximum atomic E-state index is 13.0. The molecule has 0 aromatic heterocycles. The third-order valence-electron chi connectivity index (χ3n) is 3.28. The molecule has 0 saturated carbocycles. The lowest BCUT2D eigenvalue weighted by atomic mass is 9.95. The average molecular weight is 354 g/mol. The number of nitrogens with one attached hydrogen (secondary N) is 1. The number of benzene rings is 1. The Labute approximate surface area is 120 Å². The van der Waals surface area contributed by atoms with Gasteiger partial charge in [0.25, 0.3) is 0 Å². The van der Waals surface area contributed by atoms with Gasteiger partial charge in [-0.25, -0.2) is 0 Å². The average Bonchev–Trinajstić information content (AvgIpc) is 2.80. The van der Waals surface area contributed by atoms with E-state index in [4.69, 9.17) is 5.11 Å². The van der Waals surface area contributed by atoms with Crippen molar-refractivity contribution in [2.24, 2.45) is 5.92 Å². The van der Waals surface area contributed by atoms with Crippen LogP contribution in [0.4, 0.5) is 13.2 Å². The number of aliphatic carboxylic acids is 1. The first-order valence-electron chi connectivity index (χ1n) is 5.76. The van der Waals surface area contributed by atoms with Gasteiger partial charge in [-0.05, 0) is 40.0 Å². The number of phenolic OH excluding ortho intramolecular Hbond substituents is 1. The molecule has 0 radical (unpaired) electrons. The highest BCUT2D eigenvalue weighted by atomic mass is 79.9. The molecule has 0 aliphatic carbocycles. The Morgan fingerprint density at radius 1 is 1.40 bits per heavy atom. The second kappa shape index (κ2) is 5.25. The number of carbonyl (C=O) groups is 1. The number of rotatable bonds is 2. The molecule has 0 amide bonds. The monoisotopic (exact) mass is 353 g/mol. The van der Waals surface area contributed by atoms with E-state index >= 15 is 0 Å². The Bertz CT molecular complexity index is 547. The topological polar surface area (TPSA) is 69.6 Å². The SMILES string of the molecule is O=C(O)C1CNC(c2cc(Br)c(O)cc2C(F)(F)F)C1. The van der Waals surface area contributed by atoms with Crippen LogP contribution in [0, 0.1) is 5.92 Å². The summed E-state index contributed by atoms with van der Waals surface area (Å²) in [4.78, 5) is 10.9. The minimum Gasteiger partial charge on any atom is -0.507 e. The molecule has 2 rings (SSSR count). The van der Waals surface area contributed by atoms with Crippen molar-refractivity contribution >= 4 is 21.9 Å². The minimum absolute atomic E-state index is 0.0640. The van der Waals surface area contributed by atoms with Gasteiger partial charge in [-0.1, -0.05) is 0 Å². The van der Waals surface area contributed by atoms with Crippen molar-refractivity contribution in [3.63, 3.8) is 0 Å². The van der Waals surface area contributed by atoms with Crippen molar-refractivity contribution in [1.82, 2.24) is 5.32 Å². The summed E-state index contributed by atoms with van der Waals surface area (Å²) in [6.07, 6.45) is -4.54. The molecule has 4 nitrogen and oxygen atoms in total. The second-order valence-corrected chi connectivity index (χ2v) is 5.47. The molecule has 1 aromatic rings. The lowest BCUT2D eigenvalue weighted by Gasteiger charge is -2.19. The van der Waals surface area contributed by atoms with E-state index in [1.54, 1.807) is 0 Å². The molecular formula is C12H11BrF3NO3. The summed E-state index contributed by atoms with van der Waals surface area (Å²) in [5.74, 6) is -2.26. The van der Waals surface area contributed by atoms with Gasteiger partial charge in [0.15, 0.2) is 0 Å². The van der Waals surface area contributed by atoms with Crippen molar-refractivity contribution in [2.75, 3.05) is 6.54 Å². The third kappa shape index (κ3) is 2.90. The Morgan fingerprint density at radius 2 is 2.05 bits per heavy atom. The van der Waals surface area contributed by atoms with Crippen LogP contribution < -0.4 is 5.32 Å². The second-order valence-electron chi connectivity index (χ2n) is 4.62. The number of halogens is 4. The zero-order valence-electron chi connectivity index (χ0n) is 10.0. The molecule has 8 heteroatoms. The zero-order chi connectivity index (χ0) is 15.1. The standard InChI is InChI=1S/C12H11BrF3NO3/c13-8-2-6(7(3-10(8)18)12(14,15)16)9-1-5(4-17-9)11(19)20/h2-3,5,9,17-18H,1,4H2,(H,19,20). The molecule has 0 spiro atoms. The van der Waals surface area contributed by atoms with Crippen LogP contribution in [0.2, 0.25) is 0 Å². The molecule has 1 aliphatic rings. The van der Waals surface area contributed by atoms with E-state index in [0.29, 0.717) is 6.07 Å². The van der Waals surface area contributed by atoms with Crippen LogP contribution in [-0.4, -0.2) is 22.7 Å². The van der Waals surface area contributed by atoms with Gasteiger partial charge >= 0.3 is 12.1 Å². The number of alkyl halides is 3. The molecule has 2 atom stereocenters. The normalized spacial score (nSPS) is 23.0. The van der Waals surface area contributed by atoms with Crippen LogP contribution >= 0.6 is 15.9 Å².